The molecule has 0 saturated heterocycles. The van der Waals surface area contributed by atoms with Crippen molar-refractivity contribution in [2.45, 2.75) is 33.1 Å². The van der Waals surface area contributed by atoms with Crippen LogP contribution in [0.3, 0.4) is 0 Å². The molecule has 19 heavy (non-hydrogen) atoms. The quantitative estimate of drug-likeness (QED) is 0.568. The van der Waals surface area contributed by atoms with Gasteiger partial charge in [-0.05, 0) is 44.7 Å². The molecule has 0 bridgehead atoms. The molecule has 0 aromatic heterocycles. The summed E-state index contributed by atoms with van der Waals surface area (Å²) in [4.78, 5) is 23.1. The number of esters is 1. The zero-order chi connectivity index (χ0) is 14.3. The van der Waals surface area contributed by atoms with Crippen LogP contribution in [0.5, 0.6) is 0 Å². The summed E-state index contributed by atoms with van der Waals surface area (Å²) in [5.41, 5.74) is 1.04. The van der Waals surface area contributed by atoms with Gasteiger partial charge in [0.25, 0.3) is 0 Å². The van der Waals surface area contributed by atoms with E-state index in [0.29, 0.717) is 13.0 Å². The third-order valence-electron chi connectivity index (χ3n) is 2.96. The van der Waals surface area contributed by atoms with Gasteiger partial charge in [-0.3, -0.25) is 9.59 Å². The highest BCUT2D eigenvalue weighted by molar-refractivity contribution is 6.31. The van der Waals surface area contributed by atoms with Crippen LogP contribution in [0.1, 0.15) is 32.3 Å². The number of ether oxygens (including phenoxy) is 1. The summed E-state index contributed by atoms with van der Waals surface area (Å²) >= 11 is 6.06. The summed E-state index contributed by atoms with van der Waals surface area (Å²) in [6.07, 6.45) is 1.98. The Morgan fingerprint density at radius 2 is 2.00 bits per heavy atom. The van der Waals surface area contributed by atoms with E-state index < -0.39 is 11.9 Å². The maximum absolute atomic E-state index is 11.6. The van der Waals surface area contributed by atoms with Crippen molar-refractivity contribution < 1.29 is 14.3 Å². The predicted molar refractivity (Wildman–Crippen MR) is 75.2 cm³/mol. The molecular formula is C15H19ClO3. The van der Waals surface area contributed by atoms with Gasteiger partial charge in [0.15, 0.2) is 0 Å². The molecule has 0 fully saturated rings. The van der Waals surface area contributed by atoms with E-state index in [1.165, 1.54) is 6.92 Å². The summed E-state index contributed by atoms with van der Waals surface area (Å²) in [6, 6.07) is 7.60. The van der Waals surface area contributed by atoms with Gasteiger partial charge in [-0.2, -0.15) is 0 Å². The Labute approximate surface area is 118 Å². The zero-order valence-electron chi connectivity index (χ0n) is 11.3. The van der Waals surface area contributed by atoms with Crippen LogP contribution >= 0.6 is 11.6 Å². The Morgan fingerprint density at radius 3 is 2.58 bits per heavy atom. The highest BCUT2D eigenvalue weighted by Crippen LogP contribution is 2.19. The molecule has 3 nitrogen and oxygen atoms in total. The minimum absolute atomic E-state index is 0.141. The average molecular weight is 283 g/mol. The van der Waals surface area contributed by atoms with Gasteiger partial charge in [0, 0.05) is 5.02 Å². The number of ketones is 1. The predicted octanol–water partition coefficient (Wildman–Crippen LogP) is 3.43. The molecular weight excluding hydrogens is 264 g/mol. The van der Waals surface area contributed by atoms with Crippen LogP contribution in [0.4, 0.5) is 0 Å². The van der Waals surface area contributed by atoms with Crippen LogP contribution in [-0.2, 0) is 20.7 Å². The lowest BCUT2D eigenvalue weighted by atomic mass is 9.96. The fourth-order valence-corrected chi connectivity index (χ4v) is 2.16. The molecule has 1 aromatic carbocycles. The second kappa shape index (κ2) is 7.95. The molecule has 0 N–H and O–H groups in total. The molecule has 4 heteroatoms. The zero-order valence-corrected chi connectivity index (χ0v) is 12.1. The van der Waals surface area contributed by atoms with Gasteiger partial charge in [0.2, 0.25) is 0 Å². The lowest BCUT2D eigenvalue weighted by Gasteiger charge is -2.12. The van der Waals surface area contributed by atoms with Crippen LogP contribution in [0, 0.1) is 5.92 Å². The standard InChI is InChI=1S/C15H19ClO3/c1-3-19-15(18)13(11(2)17)9-6-8-12-7-4-5-10-14(12)16/h4-5,7,10,13H,3,6,8-9H2,1-2H3. The largest absolute Gasteiger partial charge is 0.465 e. The van der Waals surface area contributed by atoms with Crippen LogP contribution < -0.4 is 0 Å². The Kier molecular flexibility index (Phi) is 6.57. The summed E-state index contributed by atoms with van der Waals surface area (Å²) in [5.74, 6) is -1.21. The number of hydrogen-bond acceptors (Lipinski definition) is 3. The van der Waals surface area contributed by atoms with Gasteiger partial charge >= 0.3 is 5.97 Å². The molecule has 0 spiro atoms. The number of aryl methyl sites for hydroxylation is 1. The lowest BCUT2D eigenvalue weighted by molar-refractivity contribution is -0.151. The molecule has 0 amide bonds. The van der Waals surface area contributed by atoms with Crippen LogP contribution in [0.2, 0.25) is 5.02 Å². The van der Waals surface area contributed by atoms with E-state index in [1.807, 2.05) is 24.3 Å². The number of benzene rings is 1. The first kappa shape index (κ1) is 15.7. The molecule has 0 heterocycles. The molecule has 0 saturated carbocycles. The molecule has 104 valence electrons. The molecule has 0 aliphatic heterocycles. The molecule has 1 rings (SSSR count). The van der Waals surface area contributed by atoms with Gasteiger partial charge in [0.1, 0.15) is 11.7 Å². The first-order valence-electron chi connectivity index (χ1n) is 6.46. The Morgan fingerprint density at radius 1 is 1.32 bits per heavy atom. The fourth-order valence-electron chi connectivity index (χ4n) is 1.93. The van der Waals surface area contributed by atoms with Gasteiger partial charge in [-0.1, -0.05) is 29.8 Å². The van der Waals surface area contributed by atoms with Gasteiger partial charge < -0.3 is 4.74 Å². The van der Waals surface area contributed by atoms with E-state index in [2.05, 4.69) is 0 Å². The molecule has 0 aliphatic rings. The molecule has 0 radical (unpaired) electrons. The second-order valence-electron chi connectivity index (χ2n) is 4.40. The van der Waals surface area contributed by atoms with Crippen molar-refractivity contribution in [3.63, 3.8) is 0 Å². The SMILES string of the molecule is CCOC(=O)C(CCCc1ccccc1Cl)C(C)=O. The third kappa shape index (κ3) is 5.03. The Hall–Kier alpha value is -1.35. The lowest BCUT2D eigenvalue weighted by Crippen LogP contribution is -2.24. The number of hydrogen-bond donors (Lipinski definition) is 0. The van der Waals surface area contributed by atoms with Gasteiger partial charge in [0.05, 0.1) is 6.61 Å². The van der Waals surface area contributed by atoms with Crippen LogP contribution in [0.15, 0.2) is 24.3 Å². The smallest absolute Gasteiger partial charge is 0.316 e. The van der Waals surface area contributed by atoms with E-state index >= 15 is 0 Å². The summed E-state index contributed by atoms with van der Waals surface area (Å²) in [7, 11) is 0. The fraction of sp³-hybridized carbons (Fsp3) is 0.467. The Bertz CT molecular complexity index is 443. The first-order valence-corrected chi connectivity index (χ1v) is 6.84. The summed E-state index contributed by atoms with van der Waals surface area (Å²) < 4.78 is 4.91. The molecule has 1 atom stereocenters. The topological polar surface area (TPSA) is 43.4 Å². The summed E-state index contributed by atoms with van der Waals surface area (Å²) in [5, 5.41) is 0.720. The maximum atomic E-state index is 11.6. The molecule has 1 aromatic rings. The van der Waals surface area contributed by atoms with Crippen molar-refractivity contribution in [3.05, 3.63) is 34.9 Å². The Balaban J connectivity index is 2.51. The van der Waals surface area contributed by atoms with E-state index in [0.717, 1.165) is 23.4 Å². The number of carbonyl (C=O) groups is 2. The van der Waals surface area contributed by atoms with Gasteiger partial charge in [-0.25, -0.2) is 0 Å². The first-order chi connectivity index (χ1) is 9.06. The maximum Gasteiger partial charge on any atom is 0.316 e. The van der Waals surface area contributed by atoms with Crippen LogP contribution in [0.25, 0.3) is 0 Å². The number of carbonyl (C=O) groups excluding carboxylic acids is 2. The highest BCUT2D eigenvalue weighted by Gasteiger charge is 2.23. The normalized spacial score (nSPS) is 11.9. The highest BCUT2D eigenvalue weighted by atomic mass is 35.5. The summed E-state index contributed by atoms with van der Waals surface area (Å²) in [6.45, 7) is 3.46. The van der Waals surface area contributed by atoms with E-state index in [-0.39, 0.29) is 5.78 Å². The minimum atomic E-state index is -0.651. The van der Waals surface area contributed by atoms with Crippen LogP contribution in [-0.4, -0.2) is 18.4 Å². The van der Waals surface area contributed by atoms with Crippen molar-refractivity contribution in [1.82, 2.24) is 0 Å². The van der Waals surface area contributed by atoms with Crippen molar-refractivity contribution in [1.29, 1.82) is 0 Å². The van der Waals surface area contributed by atoms with Crippen molar-refractivity contribution in [2.75, 3.05) is 6.61 Å². The van der Waals surface area contributed by atoms with Crippen molar-refractivity contribution in [3.8, 4) is 0 Å². The number of rotatable bonds is 7. The minimum Gasteiger partial charge on any atom is -0.465 e. The monoisotopic (exact) mass is 282 g/mol. The van der Waals surface area contributed by atoms with E-state index in [4.69, 9.17) is 16.3 Å². The van der Waals surface area contributed by atoms with E-state index in [9.17, 15) is 9.59 Å². The van der Waals surface area contributed by atoms with E-state index in [1.54, 1.807) is 6.92 Å². The average Bonchev–Trinajstić information content (AvgIpc) is 2.36. The molecule has 0 aliphatic carbocycles. The van der Waals surface area contributed by atoms with Gasteiger partial charge in [-0.15, -0.1) is 0 Å². The third-order valence-corrected chi connectivity index (χ3v) is 3.33. The second-order valence-corrected chi connectivity index (χ2v) is 4.81. The number of Topliss-reactive ketones (excluding diaryl/α,β-unsaturated/α-hetero) is 1. The van der Waals surface area contributed by atoms with Crippen molar-refractivity contribution >= 4 is 23.4 Å². The molecule has 1 unspecified atom stereocenters. The number of halogens is 1. The van der Waals surface area contributed by atoms with Crippen molar-refractivity contribution in [2.24, 2.45) is 5.92 Å².